The van der Waals surface area contributed by atoms with E-state index in [0.717, 1.165) is 12.1 Å². The number of rotatable bonds is 8. The van der Waals surface area contributed by atoms with Crippen LogP contribution in [0.15, 0.2) is 60.2 Å². The first kappa shape index (κ1) is 30.8. The number of barbiturate groups is 1. The minimum Gasteiger partial charge on any atom is -0.490 e. The highest BCUT2D eigenvalue weighted by Crippen LogP contribution is 2.38. The number of halogens is 5. The van der Waals surface area contributed by atoms with E-state index in [2.05, 4.69) is 0 Å². The number of nitro benzene ring substituents is 1. The molecule has 1 N–H and O–H groups in total. The first-order valence-corrected chi connectivity index (χ1v) is 13.4. The highest BCUT2D eigenvalue weighted by Gasteiger charge is 2.39. The fraction of sp³-hybridized carbons (Fsp3) is 0.148. The van der Waals surface area contributed by atoms with Crippen molar-refractivity contribution in [2.24, 2.45) is 0 Å². The van der Waals surface area contributed by atoms with Crippen molar-refractivity contribution in [3.63, 3.8) is 0 Å². The maximum absolute atomic E-state index is 13.3. The average Bonchev–Trinajstić information content (AvgIpc) is 2.91. The normalized spacial score (nSPS) is 14.7. The van der Waals surface area contributed by atoms with Crippen molar-refractivity contribution in [3.05, 3.63) is 95.6 Å². The molecule has 1 fully saturated rings. The third kappa shape index (κ3) is 6.65. The number of non-ortho nitro benzene ring substituents is 1. The summed E-state index contributed by atoms with van der Waals surface area (Å²) in [5, 5.41) is 12.5. The van der Waals surface area contributed by atoms with Gasteiger partial charge in [-0.25, -0.2) is 9.69 Å². The van der Waals surface area contributed by atoms with Gasteiger partial charge < -0.3 is 9.47 Å². The molecule has 0 radical (unpaired) electrons. The van der Waals surface area contributed by atoms with Gasteiger partial charge in [-0.05, 0) is 89.2 Å². The quantitative estimate of drug-likeness (QED) is 0.0926. The molecule has 1 aliphatic rings. The van der Waals surface area contributed by atoms with Crippen LogP contribution in [0, 0.1) is 13.7 Å². The zero-order valence-electron chi connectivity index (χ0n) is 21.3. The van der Waals surface area contributed by atoms with E-state index in [4.69, 9.17) is 21.1 Å². The molecular weight excluding hydrogens is 698 g/mol. The lowest BCUT2D eigenvalue weighted by atomic mass is 10.1. The third-order valence-electron chi connectivity index (χ3n) is 5.79. The highest BCUT2D eigenvalue weighted by atomic mass is 127. The second-order valence-electron chi connectivity index (χ2n) is 8.60. The van der Waals surface area contributed by atoms with Gasteiger partial charge in [0.1, 0.15) is 12.2 Å². The Kier molecular flexibility index (Phi) is 9.06. The Labute approximate surface area is 254 Å². The Morgan fingerprint density at radius 3 is 2.38 bits per heavy atom. The molecule has 0 spiro atoms. The first-order chi connectivity index (χ1) is 19.8. The molecule has 4 amide bonds. The lowest BCUT2D eigenvalue weighted by Crippen LogP contribution is -2.54. The monoisotopic (exact) mass is 715 g/mol. The van der Waals surface area contributed by atoms with Crippen molar-refractivity contribution in [1.29, 1.82) is 0 Å². The van der Waals surface area contributed by atoms with E-state index >= 15 is 0 Å². The Morgan fingerprint density at radius 1 is 1.07 bits per heavy atom. The van der Waals surface area contributed by atoms with Crippen molar-refractivity contribution >= 4 is 69.5 Å². The SMILES string of the molecule is CCOc1cc(/C=C2\C(=O)NC(=O)N(c3cc(C(F)(F)F)ccc3Cl)C2=O)cc(I)c1OCc1ccc([N+](=O)[O-])cc1. The number of urea groups is 1. The standard InChI is InChI=1S/C27H18ClF3IN3O7/c1-2-41-22-11-15(10-20(32)23(22)42-13-14-3-6-17(7-4-14)35(39)40)9-18-24(36)33-26(38)34(25(18)37)21-12-16(27(29,30)31)5-8-19(21)28/h3-12H,2,13H2,1H3,(H,33,36,38)/b18-9+. The number of hydrogen-bond acceptors (Lipinski definition) is 7. The van der Waals surface area contributed by atoms with Crippen LogP contribution in [-0.4, -0.2) is 29.4 Å². The molecule has 4 rings (SSSR count). The Hall–Kier alpha value is -4.18. The van der Waals surface area contributed by atoms with Gasteiger partial charge in [-0.2, -0.15) is 13.2 Å². The van der Waals surface area contributed by atoms with Crippen LogP contribution in [0.5, 0.6) is 11.5 Å². The molecule has 0 unspecified atom stereocenters. The second kappa shape index (κ2) is 12.4. The fourth-order valence-corrected chi connectivity index (χ4v) is 4.83. The van der Waals surface area contributed by atoms with E-state index in [-0.39, 0.29) is 35.2 Å². The first-order valence-electron chi connectivity index (χ1n) is 11.9. The van der Waals surface area contributed by atoms with Crippen molar-refractivity contribution in [1.82, 2.24) is 5.32 Å². The minimum absolute atomic E-state index is 0.0459. The lowest BCUT2D eigenvalue weighted by Gasteiger charge is -2.27. The summed E-state index contributed by atoms with van der Waals surface area (Å²) >= 11 is 7.98. The third-order valence-corrected chi connectivity index (χ3v) is 6.91. The summed E-state index contributed by atoms with van der Waals surface area (Å²) in [7, 11) is 0. The van der Waals surface area contributed by atoms with Crippen LogP contribution in [0.1, 0.15) is 23.6 Å². The molecule has 10 nitrogen and oxygen atoms in total. The molecule has 1 aliphatic heterocycles. The van der Waals surface area contributed by atoms with Gasteiger partial charge in [0.15, 0.2) is 11.5 Å². The van der Waals surface area contributed by atoms with E-state index < -0.39 is 45.8 Å². The molecule has 0 aliphatic carbocycles. The number of benzene rings is 3. The number of alkyl halides is 3. The number of nitrogens with one attached hydrogen (secondary N) is 1. The molecule has 1 saturated heterocycles. The summed E-state index contributed by atoms with van der Waals surface area (Å²) in [6, 6.07) is 9.67. The molecule has 218 valence electrons. The van der Waals surface area contributed by atoms with E-state index in [9.17, 15) is 37.7 Å². The molecular formula is C27H18ClF3IN3O7. The minimum atomic E-state index is -4.78. The van der Waals surface area contributed by atoms with Gasteiger partial charge in [-0.1, -0.05) is 11.6 Å². The van der Waals surface area contributed by atoms with Gasteiger partial charge in [0.2, 0.25) is 0 Å². The topological polar surface area (TPSA) is 128 Å². The Balaban J connectivity index is 1.67. The van der Waals surface area contributed by atoms with Crippen molar-refractivity contribution < 1.29 is 42.0 Å². The molecule has 0 atom stereocenters. The Morgan fingerprint density at radius 2 is 1.76 bits per heavy atom. The van der Waals surface area contributed by atoms with Gasteiger partial charge >= 0.3 is 12.2 Å². The van der Waals surface area contributed by atoms with Crippen molar-refractivity contribution in [2.45, 2.75) is 19.7 Å². The molecule has 0 bridgehead atoms. The van der Waals surface area contributed by atoms with Crippen LogP contribution in [0.2, 0.25) is 5.02 Å². The predicted molar refractivity (Wildman–Crippen MR) is 153 cm³/mol. The second-order valence-corrected chi connectivity index (χ2v) is 10.2. The maximum atomic E-state index is 13.3. The number of carbonyl (C=O) groups is 3. The summed E-state index contributed by atoms with van der Waals surface area (Å²) in [5.74, 6) is -1.67. The highest BCUT2D eigenvalue weighted by molar-refractivity contribution is 14.1. The zero-order valence-corrected chi connectivity index (χ0v) is 24.2. The molecule has 0 saturated carbocycles. The van der Waals surface area contributed by atoms with E-state index in [1.165, 1.54) is 18.2 Å². The fourth-order valence-electron chi connectivity index (χ4n) is 3.85. The number of nitrogens with zero attached hydrogens (tertiary/aromatic N) is 2. The van der Waals surface area contributed by atoms with Gasteiger partial charge in [-0.3, -0.25) is 25.0 Å². The number of imide groups is 2. The number of hydrogen-bond donors (Lipinski definition) is 1. The number of nitro groups is 1. The maximum Gasteiger partial charge on any atom is 0.416 e. The van der Waals surface area contributed by atoms with Gasteiger partial charge in [0.05, 0.1) is 31.4 Å². The van der Waals surface area contributed by atoms with E-state index in [0.29, 0.717) is 31.9 Å². The molecule has 1 heterocycles. The number of amides is 4. The molecule has 3 aromatic rings. The van der Waals surface area contributed by atoms with Crippen LogP contribution in [0.3, 0.4) is 0 Å². The zero-order chi connectivity index (χ0) is 30.8. The van der Waals surface area contributed by atoms with Crippen molar-refractivity contribution in [3.8, 4) is 11.5 Å². The van der Waals surface area contributed by atoms with E-state index in [1.54, 1.807) is 25.1 Å². The predicted octanol–water partition coefficient (Wildman–Crippen LogP) is 6.52. The van der Waals surface area contributed by atoms with E-state index in [1.807, 2.05) is 27.9 Å². The van der Waals surface area contributed by atoms with Crippen LogP contribution in [0.25, 0.3) is 6.08 Å². The van der Waals surface area contributed by atoms with Gasteiger partial charge in [0.25, 0.3) is 17.5 Å². The molecule has 15 heteroatoms. The molecule has 42 heavy (non-hydrogen) atoms. The average molecular weight is 716 g/mol. The van der Waals surface area contributed by atoms with Crippen LogP contribution < -0.4 is 19.7 Å². The molecule has 0 aromatic heterocycles. The van der Waals surface area contributed by atoms with Crippen LogP contribution in [-0.2, 0) is 22.4 Å². The largest absolute Gasteiger partial charge is 0.490 e. The van der Waals surface area contributed by atoms with Crippen molar-refractivity contribution in [2.75, 3.05) is 11.5 Å². The Bertz CT molecular complexity index is 1630. The number of ether oxygens (including phenoxy) is 2. The smallest absolute Gasteiger partial charge is 0.416 e. The number of anilines is 1. The van der Waals surface area contributed by atoms with Crippen LogP contribution >= 0.6 is 34.2 Å². The summed E-state index contributed by atoms with van der Waals surface area (Å²) < 4.78 is 52.0. The summed E-state index contributed by atoms with van der Waals surface area (Å²) in [4.78, 5) is 49.2. The van der Waals surface area contributed by atoms with Crippen LogP contribution in [0.4, 0.5) is 29.3 Å². The lowest BCUT2D eigenvalue weighted by molar-refractivity contribution is -0.384. The molecule has 3 aromatic carbocycles. The van der Waals surface area contributed by atoms with Gasteiger partial charge in [0, 0.05) is 12.1 Å². The summed E-state index contributed by atoms with van der Waals surface area (Å²) in [5.41, 5.74) is -1.38. The summed E-state index contributed by atoms with van der Waals surface area (Å²) in [6.07, 6.45) is -3.62. The summed E-state index contributed by atoms with van der Waals surface area (Å²) in [6.45, 7) is 1.99. The number of carbonyl (C=O) groups excluding carboxylic acids is 3. The van der Waals surface area contributed by atoms with Gasteiger partial charge in [-0.15, -0.1) is 0 Å².